The molecule has 0 spiro atoms. The number of rotatable bonds is 15. The molecule has 0 bridgehead atoms. The van der Waals surface area contributed by atoms with E-state index >= 15 is 0 Å². The topological polar surface area (TPSA) is 204 Å². The third-order valence-corrected chi connectivity index (χ3v) is 3.15. The summed E-state index contributed by atoms with van der Waals surface area (Å²) in [6.45, 7) is 0.284. The zero-order chi connectivity index (χ0) is 22.8. The third kappa shape index (κ3) is 15.4. The summed E-state index contributed by atoms with van der Waals surface area (Å²) in [4.78, 5) is 78.6. The molecule has 7 amide bonds. The molecule has 0 saturated heterocycles. The third-order valence-electron chi connectivity index (χ3n) is 3.15. The molecule has 0 aromatic heterocycles. The Hall–Kier alpha value is -3.71. The average Bonchev–Trinajstić information content (AvgIpc) is 2.73. The first kappa shape index (κ1) is 26.3. The Bertz CT molecular complexity index is 639. The highest BCUT2D eigenvalue weighted by atomic mass is 16.2. The van der Waals surface area contributed by atoms with Gasteiger partial charge in [0.15, 0.2) is 0 Å². The van der Waals surface area contributed by atoms with E-state index in [1.165, 1.54) is 0 Å². The van der Waals surface area contributed by atoms with Crippen molar-refractivity contribution in [3.8, 4) is 0 Å². The van der Waals surface area contributed by atoms with Gasteiger partial charge in [0.05, 0.1) is 39.3 Å². The van der Waals surface area contributed by atoms with Gasteiger partial charge in [-0.05, 0) is 6.42 Å². The SMILES string of the molecule is CCCNC(=O)CNC(=O)CNC(=O)CNC(=O)CNC(=O)CNC(=O)CNC=O. The van der Waals surface area contributed by atoms with E-state index in [0.29, 0.717) is 13.0 Å². The summed E-state index contributed by atoms with van der Waals surface area (Å²) in [5.41, 5.74) is 0. The largest absolute Gasteiger partial charge is 0.355 e. The van der Waals surface area contributed by atoms with Crippen molar-refractivity contribution in [2.24, 2.45) is 0 Å². The van der Waals surface area contributed by atoms with Crippen molar-refractivity contribution in [1.29, 1.82) is 0 Å². The van der Waals surface area contributed by atoms with E-state index in [1.54, 1.807) is 0 Å². The lowest BCUT2D eigenvalue weighted by molar-refractivity contribution is -0.129. The van der Waals surface area contributed by atoms with Crippen LogP contribution in [0.2, 0.25) is 0 Å². The molecule has 0 fully saturated rings. The van der Waals surface area contributed by atoms with Gasteiger partial charge < -0.3 is 37.2 Å². The quantitative estimate of drug-likeness (QED) is 0.126. The second kappa shape index (κ2) is 16.3. The summed E-state index contributed by atoms with van der Waals surface area (Å²) in [6.07, 6.45) is 1.10. The lowest BCUT2D eigenvalue weighted by atomic mass is 10.4. The molecule has 14 nitrogen and oxygen atoms in total. The predicted molar refractivity (Wildman–Crippen MR) is 102 cm³/mol. The Morgan fingerprint density at radius 1 is 0.533 bits per heavy atom. The van der Waals surface area contributed by atoms with Crippen molar-refractivity contribution in [3.05, 3.63) is 0 Å². The van der Waals surface area contributed by atoms with E-state index in [-0.39, 0.29) is 25.5 Å². The highest BCUT2D eigenvalue weighted by Crippen LogP contribution is 1.74. The molecule has 0 aromatic rings. The fraction of sp³-hybridized carbons (Fsp3) is 0.562. The first-order chi connectivity index (χ1) is 14.3. The molecule has 0 aliphatic carbocycles. The molecule has 0 radical (unpaired) electrons. The van der Waals surface area contributed by atoms with Crippen LogP contribution in [0.3, 0.4) is 0 Å². The molecule has 168 valence electrons. The molecule has 0 saturated carbocycles. The molecule has 30 heavy (non-hydrogen) atoms. The van der Waals surface area contributed by atoms with Gasteiger partial charge in [-0.25, -0.2) is 0 Å². The smallest absolute Gasteiger partial charge is 0.239 e. The number of hydrogen-bond donors (Lipinski definition) is 7. The zero-order valence-corrected chi connectivity index (χ0v) is 16.6. The van der Waals surface area contributed by atoms with E-state index in [9.17, 15) is 33.6 Å². The molecule has 0 aliphatic rings. The van der Waals surface area contributed by atoms with E-state index in [0.717, 1.165) is 6.42 Å². The van der Waals surface area contributed by atoms with Crippen molar-refractivity contribution in [2.45, 2.75) is 13.3 Å². The molecule has 0 atom stereocenters. The number of amides is 7. The summed E-state index contributed by atoms with van der Waals surface area (Å²) < 4.78 is 0. The number of hydrogen-bond acceptors (Lipinski definition) is 7. The van der Waals surface area contributed by atoms with Crippen molar-refractivity contribution in [2.75, 3.05) is 45.8 Å². The second-order valence-electron chi connectivity index (χ2n) is 5.73. The van der Waals surface area contributed by atoms with E-state index < -0.39 is 49.2 Å². The van der Waals surface area contributed by atoms with E-state index in [4.69, 9.17) is 0 Å². The Morgan fingerprint density at radius 2 is 0.833 bits per heavy atom. The number of carbonyl (C=O) groups excluding carboxylic acids is 7. The van der Waals surface area contributed by atoms with Gasteiger partial charge in [-0.2, -0.15) is 0 Å². The van der Waals surface area contributed by atoms with Crippen LogP contribution < -0.4 is 37.2 Å². The molecule has 0 aliphatic heterocycles. The lowest BCUT2D eigenvalue weighted by Gasteiger charge is -2.09. The first-order valence-electron chi connectivity index (χ1n) is 9.05. The molecule has 0 heterocycles. The molecule has 0 rings (SSSR count). The van der Waals surface area contributed by atoms with Crippen LogP contribution in [-0.2, 0) is 33.6 Å². The maximum Gasteiger partial charge on any atom is 0.239 e. The first-order valence-corrected chi connectivity index (χ1v) is 9.05. The van der Waals surface area contributed by atoms with Crippen LogP contribution in [0, 0.1) is 0 Å². The zero-order valence-electron chi connectivity index (χ0n) is 16.6. The maximum atomic E-state index is 11.6. The second-order valence-corrected chi connectivity index (χ2v) is 5.73. The monoisotopic (exact) mass is 429 g/mol. The maximum absolute atomic E-state index is 11.6. The van der Waals surface area contributed by atoms with Crippen LogP contribution in [0.4, 0.5) is 0 Å². The van der Waals surface area contributed by atoms with E-state index in [2.05, 4.69) is 37.2 Å². The molecular weight excluding hydrogens is 402 g/mol. The van der Waals surface area contributed by atoms with Gasteiger partial charge in [0.2, 0.25) is 41.9 Å². The fourth-order valence-electron chi connectivity index (χ4n) is 1.67. The van der Waals surface area contributed by atoms with Crippen molar-refractivity contribution >= 4 is 41.9 Å². The van der Waals surface area contributed by atoms with Crippen LogP contribution in [0.5, 0.6) is 0 Å². The number of nitrogens with one attached hydrogen (secondary N) is 7. The Labute approximate surface area is 172 Å². The highest BCUT2D eigenvalue weighted by molar-refractivity contribution is 5.92. The van der Waals surface area contributed by atoms with Gasteiger partial charge in [0, 0.05) is 6.54 Å². The Kier molecular flexibility index (Phi) is 14.3. The predicted octanol–water partition coefficient (Wildman–Crippen LogP) is -5.16. The minimum atomic E-state index is -0.663. The summed E-state index contributed by atoms with van der Waals surface area (Å²) >= 11 is 0. The van der Waals surface area contributed by atoms with E-state index in [1.807, 2.05) is 6.92 Å². The lowest BCUT2D eigenvalue weighted by Crippen LogP contribution is -2.46. The van der Waals surface area contributed by atoms with Gasteiger partial charge >= 0.3 is 0 Å². The van der Waals surface area contributed by atoms with Crippen LogP contribution in [0.25, 0.3) is 0 Å². The minimum Gasteiger partial charge on any atom is -0.355 e. The van der Waals surface area contributed by atoms with Gasteiger partial charge in [-0.1, -0.05) is 6.92 Å². The molecular formula is C16H27N7O7. The van der Waals surface area contributed by atoms with Crippen molar-refractivity contribution in [1.82, 2.24) is 37.2 Å². The molecule has 7 N–H and O–H groups in total. The molecule has 0 aromatic carbocycles. The normalized spacial score (nSPS) is 9.50. The Morgan fingerprint density at radius 3 is 1.13 bits per heavy atom. The highest BCUT2D eigenvalue weighted by Gasteiger charge is 2.10. The molecule has 14 heteroatoms. The van der Waals surface area contributed by atoms with Gasteiger partial charge in [-0.15, -0.1) is 0 Å². The van der Waals surface area contributed by atoms with Crippen LogP contribution in [0.1, 0.15) is 13.3 Å². The average molecular weight is 429 g/mol. The van der Waals surface area contributed by atoms with Gasteiger partial charge in [0.25, 0.3) is 0 Å². The molecule has 0 unspecified atom stereocenters. The van der Waals surface area contributed by atoms with Crippen molar-refractivity contribution in [3.63, 3.8) is 0 Å². The Balaban J connectivity index is 3.85. The number of carbonyl (C=O) groups is 7. The summed E-state index contributed by atoms with van der Waals surface area (Å²) in [5.74, 6) is -3.44. The summed E-state index contributed by atoms with van der Waals surface area (Å²) in [6, 6.07) is 0. The van der Waals surface area contributed by atoms with Crippen LogP contribution in [-0.4, -0.2) is 87.7 Å². The van der Waals surface area contributed by atoms with Gasteiger partial charge in [-0.3, -0.25) is 33.6 Å². The van der Waals surface area contributed by atoms with Gasteiger partial charge in [0.1, 0.15) is 0 Å². The standard InChI is InChI=1S/C16H27N7O7/c1-2-3-18-12(26)5-20-14(28)7-22-16(30)9-23-15(29)8-21-13(27)6-19-11(25)4-17-10-24/h10H,2-9H2,1H3,(H,17,24)(H,18,26)(H,19,25)(H,20,28)(H,21,27)(H,22,30)(H,23,29). The van der Waals surface area contributed by atoms with Crippen LogP contribution in [0.15, 0.2) is 0 Å². The minimum absolute atomic E-state index is 0.209. The summed E-state index contributed by atoms with van der Waals surface area (Å²) in [7, 11) is 0. The fourth-order valence-corrected chi connectivity index (χ4v) is 1.67. The summed E-state index contributed by atoms with van der Waals surface area (Å²) in [5, 5.41) is 15.9. The van der Waals surface area contributed by atoms with Crippen LogP contribution >= 0.6 is 0 Å². The van der Waals surface area contributed by atoms with Crippen molar-refractivity contribution < 1.29 is 33.6 Å².